The van der Waals surface area contributed by atoms with Gasteiger partial charge in [0.05, 0.1) is 22.8 Å². The highest BCUT2D eigenvalue weighted by molar-refractivity contribution is 7.16. The van der Waals surface area contributed by atoms with Crippen molar-refractivity contribution in [1.82, 2.24) is 10.3 Å². The zero-order chi connectivity index (χ0) is 18.1. The van der Waals surface area contributed by atoms with Crippen molar-refractivity contribution >= 4 is 45.2 Å². The standard InChI is InChI=1S/C19H16N4O2S/c1-23(13-4-6-14(25-2)7-5-13)19-21-16(18(24)22-19)9-12-3-8-15-17(10-12)26-11-20-15/h3-11H,1-2H3,(H,21,22,24). The van der Waals surface area contributed by atoms with Gasteiger partial charge in [-0.05, 0) is 48.0 Å². The first-order valence-corrected chi connectivity index (χ1v) is 8.85. The number of anilines is 1. The van der Waals surface area contributed by atoms with E-state index >= 15 is 0 Å². The third-order valence-corrected chi connectivity index (χ3v) is 4.91. The molecule has 130 valence electrons. The summed E-state index contributed by atoms with van der Waals surface area (Å²) < 4.78 is 6.25. The van der Waals surface area contributed by atoms with Gasteiger partial charge in [-0.25, -0.2) is 9.98 Å². The molecule has 4 rings (SSSR count). The molecule has 0 fully saturated rings. The molecule has 7 heteroatoms. The Balaban J connectivity index is 1.61. The lowest BCUT2D eigenvalue weighted by molar-refractivity contribution is -0.115. The molecule has 0 aliphatic carbocycles. The Hall–Kier alpha value is -3.19. The van der Waals surface area contributed by atoms with E-state index in [9.17, 15) is 4.79 Å². The number of methoxy groups -OCH3 is 1. The molecule has 3 aromatic rings. The van der Waals surface area contributed by atoms with Crippen LogP contribution in [0.15, 0.2) is 58.7 Å². The second-order valence-electron chi connectivity index (χ2n) is 5.76. The van der Waals surface area contributed by atoms with E-state index < -0.39 is 0 Å². The third-order valence-electron chi connectivity index (χ3n) is 4.12. The zero-order valence-electron chi connectivity index (χ0n) is 14.3. The molecule has 1 N–H and O–H groups in total. The van der Waals surface area contributed by atoms with E-state index in [4.69, 9.17) is 4.74 Å². The summed E-state index contributed by atoms with van der Waals surface area (Å²) in [7, 11) is 3.48. The molecule has 1 amide bonds. The van der Waals surface area contributed by atoms with Crippen LogP contribution in [-0.2, 0) is 4.79 Å². The number of aromatic nitrogens is 1. The Labute approximate surface area is 154 Å². The number of thiazole rings is 1. The summed E-state index contributed by atoms with van der Waals surface area (Å²) in [4.78, 5) is 22.8. The Kier molecular flexibility index (Phi) is 4.14. The number of guanidine groups is 1. The number of aliphatic imine (C=N–C) groups is 1. The maximum absolute atomic E-state index is 12.3. The van der Waals surface area contributed by atoms with Crippen LogP contribution in [0.5, 0.6) is 5.75 Å². The highest BCUT2D eigenvalue weighted by Gasteiger charge is 2.23. The summed E-state index contributed by atoms with van der Waals surface area (Å²) in [6.07, 6.45) is 1.78. The van der Waals surface area contributed by atoms with Crippen LogP contribution in [0.25, 0.3) is 16.3 Å². The minimum atomic E-state index is -0.218. The highest BCUT2D eigenvalue weighted by Crippen LogP contribution is 2.23. The second kappa shape index (κ2) is 6.61. The Bertz CT molecular complexity index is 1040. The molecule has 0 bridgehead atoms. The predicted molar refractivity (Wildman–Crippen MR) is 105 cm³/mol. The van der Waals surface area contributed by atoms with Crippen molar-refractivity contribution in [2.45, 2.75) is 0 Å². The van der Waals surface area contributed by atoms with E-state index in [2.05, 4.69) is 15.3 Å². The minimum absolute atomic E-state index is 0.218. The van der Waals surface area contributed by atoms with Gasteiger partial charge in [0.15, 0.2) is 0 Å². The Morgan fingerprint density at radius 3 is 2.77 bits per heavy atom. The number of nitrogens with zero attached hydrogens (tertiary/aromatic N) is 3. The van der Waals surface area contributed by atoms with Crippen LogP contribution < -0.4 is 15.0 Å². The molecule has 0 spiro atoms. The summed E-state index contributed by atoms with van der Waals surface area (Å²) in [5.74, 6) is 1.05. The summed E-state index contributed by atoms with van der Waals surface area (Å²) in [6, 6.07) is 13.4. The number of carbonyl (C=O) groups excluding carboxylic acids is 1. The Morgan fingerprint density at radius 1 is 1.19 bits per heavy atom. The molecule has 0 radical (unpaired) electrons. The number of ether oxygens (including phenoxy) is 1. The molecule has 0 unspecified atom stereocenters. The molecule has 2 heterocycles. The molecule has 0 saturated carbocycles. The van der Waals surface area contributed by atoms with Crippen molar-refractivity contribution in [3.63, 3.8) is 0 Å². The molecular weight excluding hydrogens is 348 g/mol. The number of amides is 1. The molecule has 1 aliphatic rings. The maximum Gasteiger partial charge on any atom is 0.276 e. The van der Waals surface area contributed by atoms with Gasteiger partial charge < -0.3 is 9.64 Å². The first kappa shape index (κ1) is 16.3. The minimum Gasteiger partial charge on any atom is -0.497 e. The number of fused-ring (bicyclic) bond motifs is 1. The average Bonchev–Trinajstić information content (AvgIpc) is 3.28. The number of hydrogen-bond acceptors (Lipinski definition) is 6. The maximum atomic E-state index is 12.3. The fourth-order valence-electron chi connectivity index (χ4n) is 2.66. The van der Waals surface area contributed by atoms with Gasteiger partial charge in [0.2, 0.25) is 5.96 Å². The summed E-state index contributed by atoms with van der Waals surface area (Å²) in [5, 5.41) is 2.81. The summed E-state index contributed by atoms with van der Waals surface area (Å²) in [5.41, 5.74) is 4.96. The van der Waals surface area contributed by atoms with Gasteiger partial charge in [0.25, 0.3) is 5.91 Å². The molecule has 1 aromatic heterocycles. The topological polar surface area (TPSA) is 66.8 Å². The van der Waals surface area contributed by atoms with Crippen LogP contribution in [0.1, 0.15) is 5.56 Å². The molecule has 6 nitrogen and oxygen atoms in total. The average molecular weight is 364 g/mol. The van der Waals surface area contributed by atoms with Gasteiger partial charge in [-0.2, -0.15) is 0 Å². The van der Waals surface area contributed by atoms with Crippen LogP contribution in [0.3, 0.4) is 0 Å². The van der Waals surface area contributed by atoms with Gasteiger partial charge >= 0.3 is 0 Å². The lowest BCUT2D eigenvalue weighted by Crippen LogP contribution is -2.37. The summed E-state index contributed by atoms with van der Waals surface area (Å²) >= 11 is 1.57. The van der Waals surface area contributed by atoms with Crippen molar-refractivity contribution in [1.29, 1.82) is 0 Å². The highest BCUT2D eigenvalue weighted by atomic mass is 32.1. The van der Waals surface area contributed by atoms with Crippen molar-refractivity contribution in [3.8, 4) is 5.75 Å². The normalized spacial score (nSPS) is 15.2. The van der Waals surface area contributed by atoms with E-state index in [0.717, 1.165) is 27.2 Å². The van der Waals surface area contributed by atoms with Crippen LogP contribution in [0.4, 0.5) is 5.69 Å². The monoisotopic (exact) mass is 364 g/mol. The van der Waals surface area contributed by atoms with Gasteiger partial charge in [-0.15, -0.1) is 11.3 Å². The van der Waals surface area contributed by atoms with Gasteiger partial charge in [0.1, 0.15) is 11.4 Å². The van der Waals surface area contributed by atoms with E-state index in [1.54, 1.807) is 24.5 Å². The van der Waals surface area contributed by atoms with E-state index in [1.165, 1.54) is 0 Å². The van der Waals surface area contributed by atoms with E-state index in [0.29, 0.717) is 11.7 Å². The molecular formula is C19H16N4O2S. The fraction of sp³-hybridized carbons (Fsp3) is 0.105. The van der Waals surface area contributed by atoms with Crippen LogP contribution >= 0.6 is 11.3 Å². The predicted octanol–water partition coefficient (Wildman–Crippen LogP) is 3.27. The third kappa shape index (κ3) is 3.04. The number of rotatable bonds is 3. The van der Waals surface area contributed by atoms with Crippen molar-refractivity contribution in [2.24, 2.45) is 4.99 Å². The first-order chi connectivity index (χ1) is 12.6. The molecule has 1 aliphatic heterocycles. The lowest BCUT2D eigenvalue weighted by Gasteiger charge is -2.18. The zero-order valence-corrected chi connectivity index (χ0v) is 15.1. The van der Waals surface area contributed by atoms with Crippen LogP contribution in [-0.4, -0.2) is 31.0 Å². The SMILES string of the molecule is COc1ccc(N(C)C2=NC(=Cc3ccc4ncsc4c3)C(=O)N2)cc1. The Morgan fingerprint density at radius 2 is 2.00 bits per heavy atom. The largest absolute Gasteiger partial charge is 0.497 e. The number of carbonyl (C=O) groups is 1. The quantitative estimate of drug-likeness (QED) is 0.725. The summed E-state index contributed by atoms with van der Waals surface area (Å²) in [6.45, 7) is 0. The molecule has 26 heavy (non-hydrogen) atoms. The van der Waals surface area contributed by atoms with Crippen molar-refractivity contribution in [2.75, 3.05) is 19.1 Å². The first-order valence-electron chi connectivity index (χ1n) is 7.97. The number of benzene rings is 2. The van der Waals surface area contributed by atoms with Crippen LogP contribution in [0.2, 0.25) is 0 Å². The second-order valence-corrected chi connectivity index (χ2v) is 6.64. The van der Waals surface area contributed by atoms with Gasteiger partial charge in [-0.3, -0.25) is 10.1 Å². The van der Waals surface area contributed by atoms with Gasteiger partial charge in [-0.1, -0.05) is 6.07 Å². The lowest BCUT2D eigenvalue weighted by atomic mass is 10.2. The fourth-order valence-corrected chi connectivity index (χ4v) is 3.39. The number of hydrogen-bond donors (Lipinski definition) is 1. The van der Waals surface area contributed by atoms with Gasteiger partial charge in [0, 0.05) is 12.7 Å². The van der Waals surface area contributed by atoms with Crippen LogP contribution in [0, 0.1) is 0 Å². The number of nitrogens with one attached hydrogen (secondary N) is 1. The smallest absolute Gasteiger partial charge is 0.276 e. The molecule has 0 atom stereocenters. The molecule has 2 aromatic carbocycles. The van der Waals surface area contributed by atoms with Crippen molar-refractivity contribution < 1.29 is 9.53 Å². The van der Waals surface area contributed by atoms with E-state index in [-0.39, 0.29) is 5.91 Å². The van der Waals surface area contributed by atoms with E-state index in [1.807, 2.05) is 59.9 Å². The van der Waals surface area contributed by atoms with Crippen molar-refractivity contribution in [3.05, 3.63) is 59.2 Å². The molecule has 0 saturated heterocycles.